The van der Waals surface area contributed by atoms with Crippen LogP contribution in [0.5, 0.6) is 0 Å². The van der Waals surface area contributed by atoms with Crippen molar-refractivity contribution in [3.8, 4) is 11.5 Å². The Kier molecular flexibility index (Phi) is 2.60. The van der Waals surface area contributed by atoms with Gasteiger partial charge in [-0.3, -0.25) is 0 Å². The summed E-state index contributed by atoms with van der Waals surface area (Å²) in [6, 6.07) is 8.78. The second kappa shape index (κ2) is 4.31. The summed E-state index contributed by atoms with van der Waals surface area (Å²) in [5.74, 6) is 1.74. The summed E-state index contributed by atoms with van der Waals surface area (Å²) >= 11 is 5.29. The molecule has 6 heteroatoms. The van der Waals surface area contributed by atoms with Gasteiger partial charge in [0.15, 0.2) is 5.82 Å². The second-order valence-corrected chi connectivity index (χ2v) is 6.31. The Balaban J connectivity index is 1.84. The van der Waals surface area contributed by atoms with E-state index in [0.29, 0.717) is 6.04 Å². The highest BCUT2D eigenvalue weighted by atomic mass is 79.9. The fraction of sp³-hybridized carbons (Fsp3) is 0.154. The van der Waals surface area contributed by atoms with Gasteiger partial charge < -0.3 is 4.57 Å². The molecule has 1 atom stereocenters. The largest absolute Gasteiger partial charge is 0.317 e. The first-order chi connectivity index (χ1) is 9.33. The number of hydrogen-bond acceptors (Lipinski definition) is 4. The molecule has 0 fully saturated rings. The lowest BCUT2D eigenvalue weighted by atomic mass is 10.1. The molecule has 0 unspecified atom stereocenters. The molecule has 0 spiro atoms. The Morgan fingerprint density at radius 3 is 2.84 bits per heavy atom. The first-order valence-corrected chi connectivity index (χ1v) is 7.66. The summed E-state index contributed by atoms with van der Waals surface area (Å²) in [7, 11) is 0. The molecule has 0 radical (unpaired) electrons. The van der Waals surface area contributed by atoms with E-state index in [-0.39, 0.29) is 0 Å². The first-order valence-electron chi connectivity index (χ1n) is 5.89. The molecule has 0 saturated carbocycles. The third-order valence-electron chi connectivity index (χ3n) is 3.29. The summed E-state index contributed by atoms with van der Waals surface area (Å²) in [5.41, 5.74) is 2.20. The van der Waals surface area contributed by atoms with Gasteiger partial charge in [0.1, 0.15) is 17.0 Å². The van der Waals surface area contributed by atoms with Crippen LogP contribution in [0.25, 0.3) is 11.5 Å². The Morgan fingerprint density at radius 2 is 2.00 bits per heavy atom. The van der Waals surface area contributed by atoms with E-state index in [2.05, 4.69) is 59.7 Å². The van der Waals surface area contributed by atoms with Gasteiger partial charge in [-0.25, -0.2) is 15.0 Å². The minimum absolute atomic E-state index is 0.321. The molecule has 3 aliphatic rings. The quantitative estimate of drug-likeness (QED) is 0.641. The fourth-order valence-electron chi connectivity index (χ4n) is 2.34. The third kappa shape index (κ3) is 1.78. The van der Waals surface area contributed by atoms with E-state index in [1.54, 1.807) is 6.33 Å². The molecule has 1 aromatic rings. The average Bonchev–Trinajstić information content (AvgIpc) is 3.04. The molecule has 0 amide bonds. The summed E-state index contributed by atoms with van der Waals surface area (Å²) in [5, 5.41) is 1.16. The van der Waals surface area contributed by atoms with E-state index < -0.39 is 0 Å². The molecular weight excluding hydrogens is 324 g/mol. The Morgan fingerprint density at radius 1 is 1.16 bits per heavy atom. The van der Waals surface area contributed by atoms with Crippen LogP contribution in [0, 0.1) is 0 Å². The molecule has 94 valence electrons. The Hall–Kier alpha value is -1.40. The van der Waals surface area contributed by atoms with Crippen molar-refractivity contribution >= 4 is 27.7 Å². The lowest BCUT2D eigenvalue weighted by Gasteiger charge is -2.15. The average molecular weight is 333 g/mol. The van der Waals surface area contributed by atoms with E-state index in [9.17, 15) is 0 Å². The standard InChI is InChI=1S/C13H9BrN4S/c14-9-3-1-8(2-4-9)10-5-19-13-11-12(16-6-15-11)17-7-18(10)13/h1-4,6-7,10H,5H2/t10-/m0/s1. The van der Waals surface area contributed by atoms with Gasteiger partial charge in [-0.15, -0.1) is 11.8 Å². The Bertz CT molecular complexity index is 709. The zero-order valence-corrected chi connectivity index (χ0v) is 12.2. The van der Waals surface area contributed by atoms with Crippen LogP contribution in [0.2, 0.25) is 0 Å². The first kappa shape index (κ1) is 11.4. The van der Waals surface area contributed by atoms with Crippen molar-refractivity contribution in [1.29, 1.82) is 0 Å². The second-order valence-electron chi connectivity index (χ2n) is 4.38. The summed E-state index contributed by atoms with van der Waals surface area (Å²) < 4.78 is 3.30. The fourth-order valence-corrected chi connectivity index (χ4v) is 3.88. The number of halogens is 1. The molecule has 0 saturated heterocycles. The van der Waals surface area contributed by atoms with Gasteiger partial charge in [-0.05, 0) is 17.7 Å². The van der Waals surface area contributed by atoms with Crippen molar-refractivity contribution in [2.45, 2.75) is 11.1 Å². The van der Waals surface area contributed by atoms with Gasteiger partial charge in [0.25, 0.3) is 0 Å². The molecule has 4 rings (SSSR count). The topological polar surface area (TPSA) is 43.6 Å². The minimum Gasteiger partial charge on any atom is -0.317 e. The third-order valence-corrected chi connectivity index (χ3v) is 4.98. The van der Waals surface area contributed by atoms with E-state index in [4.69, 9.17) is 0 Å². The summed E-state index contributed by atoms with van der Waals surface area (Å²) in [6.07, 6.45) is 3.45. The number of rotatable bonds is 1. The maximum atomic E-state index is 4.37. The zero-order valence-electron chi connectivity index (χ0n) is 9.82. The maximum Gasteiger partial charge on any atom is 0.183 e. The van der Waals surface area contributed by atoms with E-state index in [1.807, 2.05) is 18.1 Å². The van der Waals surface area contributed by atoms with Crippen LogP contribution >= 0.6 is 27.7 Å². The van der Waals surface area contributed by atoms with Crippen LogP contribution in [-0.4, -0.2) is 25.3 Å². The molecule has 4 nitrogen and oxygen atoms in total. The number of nitrogens with zero attached hydrogens (tertiary/aromatic N) is 4. The molecule has 3 heterocycles. The van der Waals surface area contributed by atoms with Crippen molar-refractivity contribution in [1.82, 2.24) is 19.5 Å². The van der Waals surface area contributed by atoms with Crippen LogP contribution in [0.15, 0.2) is 46.4 Å². The summed E-state index contributed by atoms with van der Waals surface area (Å²) in [6.45, 7) is 0. The molecule has 0 bridgehead atoms. The highest BCUT2D eigenvalue weighted by molar-refractivity contribution is 9.10. The SMILES string of the molecule is Brc1ccc([C@@H]2CSc3c4ncnc-4ncn32)cc1. The van der Waals surface area contributed by atoms with Gasteiger partial charge in [-0.2, -0.15) is 0 Å². The molecule has 3 aliphatic heterocycles. The van der Waals surface area contributed by atoms with Gasteiger partial charge in [0.2, 0.25) is 0 Å². The van der Waals surface area contributed by atoms with E-state index >= 15 is 0 Å². The van der Waals surface area contributed by atoms with Crippen molar-refractivity contribution in [3.05, 3.63) is 47.0 Å². The number of benzene rings is 1. The highest BCUT2D eigenvalue weighted by Crippen LogP contribution is 2.41. The number of hydrogen-bond donors (Lipinski definition) is 0. The maximum absolute atomic E-state index is 4.37. The van der Waals surface area contributed by atoms with Crippen LogP contribution in [0.1, 0.15) is 11.6 Å². The lowest BCUT2D eigenvalue weighted by molar-refractivity contribution is 0.603. The van der Waals surface area contributed by atoms with E-state index in [0.717, 1.165) is 26.8 Å². The number of aromatic nitrogens is 4. The molecule has 19 heavy (non-hydrogen) atoms. The monoisotopic (exact) mass is 332 g/mol. The van der Waals surface area contributed by atoms with Crippen LogP contribution < -0.4 is 0 Å². The van der Waals surface area contributed by atoms with Crippen molar-refractivity contribution < 1.29 is 0 Å². The zero-order chi connectivity index (χ0) is 12.8. The van der Waals surface area contributed by atoms with Crippen molar-refractivity contribution in [2.24, 2.45) is 0 Å². The molecule has 0 aliphatic carbocycles. The van der Waals surface area contributed by atoms with Gasteiger partial charge >= 0.3 is 0 Å². The normalized spacial score (nSPS) is 17.8. The van der Waals surface area contributed by atoms with Crippen LogP contribution in [0.3, 0.4) is 0 Å². The number of thioether (sulfide) groups is 1. The van der Waals surface area contributed by atoms with Crippen molar-refractivity contribution in [2.75, 3.05) is 5.75 Å². The van der Waals surface area contributed by atoms with Gasteiger partial charge in [-0.1, -0.05) is 28.1 Å². The predicted molar refractivity (Wildman–Crippen MR) is 77.4 cm³/mol. The lowest BCUT2D eigenvalue weighted by Crippen LogP contribution is -2.10. The predicted octanol–water partition coefficient (Wildman–Crippen LogP) is 3.24. The molecule has 1 aromatic carbocycles. The van der Waals surface area contributed by atoms with Crippen LogP contribution in [0.4, 0.5) is 0 Å². The minimum atomic E-state index is 0.321. The molecular formula is C13H9BrN4S. The number of imidazole rings is 1. The Labute approximate surface area is 122 Å². The highest BCUT2D eigenvalue weighted by Gasteiger charge is 2.28. The van der Waals surface area contributed by atoms with E-state index in [1.165, 1.54) is 5.56 Å². The number of fused-ring (bicyclic) bond motifs is 3. The molecule has 0 aromatic heterocycles. The van der Waals surface area contributed by atoms with Gasteiger partial charge in [0.05, 0.1) is 12.4 Å². The summed E-state index contributed by atoms with van der Waals surface area (Å²) in [4.78, 5) is 12.8. The van der Waals surface area contributed by atoms with Crippen molar-refractivity contribution in [3.63, 3.8) is 0 Å². The molecule has 0 N–H and O–H groups in total. The smallest absolute Gasteiger partial charge is 0.183 e. The van der Waals surface area contributed by atoms with Gasteiger partial charge in [0, 0.05) is 10.2 Å². The van der Waals surface area contributed by atoms with Crippen LogP contribution in [-0.2, 0) is 0 Å².